The number of benzene rings is 2. The van der Waals surface area contributed by atoms with Crippen LogP contribution < -0.4 is 5.32 Å². The highest BCUT2D eigenvalue weighted by Gasteiger charge is 2.05. The second-order valence-corrected chi connectivity index (χ2v) is 4.77. The molecule has 0 amide bonds. The van der Waals surface area contributed by atoms with Gasteiger partial charge in [0.25, 0.3) is 0 Å². The number of hydrogen-bond donors (Lipinski definition) is 3. The van der Waals surface area contributed by atoms with E-state index in [9.17, 15) is 9.50 Å². The molecule has 0 unspecified atom stereocenters. The maximum atomic E-state index is 13.2. The normalized spacial score (nSPS) is 10.8. The molecule has 0 saturated carbocycles. The quantitative estimate of drug-likeness (QED) is 0.786. The van der Waals surface area contributed by atoms with Crippen LogP contribution in [0.15, 0.2) is 36.4 Å². The molecule has 0 aliphatic carbocycles. The molecule has 4 heteroatoms. The summed E-state index contributed by atoms with van der Waals surface area (Å²) in [7, 11) is 0. The number of halogens is 1. The first-order chi connectivity index (χ1) is 9.61. The van der Waals surface area contributed by atoms with Crippen molar-refractivity contribution >= 4 is 0 Å². The van der Waals surface area contributed by atoms with Gasteiger partial charge < -0.3 is 15.5 Å². The monoisotopic (exact) mass is 275 g/mol. The van der Waals surface area contributed by atoms with Crippen LogP contribution in [0.4, 0.5) is 4.39 Å². The number of aliphatic hydroxyl groups is 1. The largest absolute Gasteiger partial charge is 0.507 e. The summed E-state index contributed by atoms with van der Waals surface area (Å²) in [5.41, 5.74) is 2.86. The lowest BCUT2D eigenvalue weighted by atomic mass is 10.1. The van der Waals surface area contributed by atoms with Gasteiger partial charge in [-0.3, -0.25) is 0 Å². The Morgan fingerprint density at radius 3 is 2.65 bits per heavy atom. The van der Waals surface area contributed by atoms with Crippen LogP contribution in [-0.4, -0.2) is 10.2 Å². The summed E-state index contributed by atoms with van der Waals surface area (Å²) in [6.07, 6.45) is 0. The smallest absolute Gasteiger partial charge is 0.128 e. The SMILES string of the molecule is Cc1cccc(CNCc2ccc(F)c(CO)c2)c1O. The average Bonchev–Trinajstić information content (AvgIpc) is 2.45. The first-order valence-electron chi connectivity index (χ1n) is 6.48. The van der Waals surface area contributed by atoms with Crippen LogP contribution in [0.1, 0.15) is 22.3 Å². The fraction of sp³-hybridized carbons (Fsp3) is 0.250. The fourth-order valence-corrected chi connectivity index (χ4v) is 2.06. The van der Waals surface area contributed by atoms with E-state index < -0.39 is 5.82 Å². The number of phenols is 1. The summed E-state index contributed by atoms with van der Waals surface area (Å²) in [5.74, 6) is -0.0947. The molecule has 0 aliphatic rings. The Hall–Kier alpha value is -1.91. The minimum atomic E-state index is -0.396. The van der Waals surface area contributed by atoms with Gasteiger partial charge in [-0.1, -0.05) is 24.3 Å². The van der Waals surface area contributed by atoms with E-state index >= 15 is 0 Å². The molecule has 0 saturated heterocycles. The van der Waals surface area contributed by atoms with Crippen molar-refractivity contribution in [3.8, 4) is 5.75 Å². The fourth-order valence-electron chi connectivity index (χ4n) is 2.06. The van der Waals surface area contributed by atoms with Gasteiger partial charge in [0, 0.05) is 24.2 Å². The topological polar surface area (TPSA) is 52.5 Å². The van der Waals surface area contributed by atoms with Crippen molar-refractivity contribution in [1.82, 2.24) is 5.32 Å². The first-order valence-corrected chi connectivity index (χ1v) is 6.48. The Labute approximate surface area is 117 Å². The van der Waals surface area contributed by atoms with Crippen LogP contribution >= 0.6 is 0 Å². The summed E-state index contributed by atoms with van der Waals surface area (Å²) in [6, 6.07) is 10.3. The van der Waals surface area contributed by atoms with Gasteiger partial charge in [0.15, 0.2) is 0 Å². The van der Waals surface area contributed by atoms with Crippen molar-refractivity contribution in [1.29, 1.82) is 0 Å². The van der Waals surface area contributed by atoms with Gasteiger partial charge in [-0.15, -0.1) is 0 Å². The molecule has 2 rings (SSSR count). The van der Waals surface area contributed by atoms with Gasteiger partial charge in [-0.05, 0) is 30.2 Å². The van der Waals surface area contributed by atoms with Crippen molar-refractivity contribution in [3.63, 3.8) is 0 Å². The molecule has 0 heterocycles. The molecule has 20 heavy (non-hydrogen) atoms. The lowest BCUT2D eigenvalue weighted by Crippen LogP contribution is -2.13. The third-order valence-corrected chi connectivity index (χ3v) is 3.25. The predicted molar refractivity (Wildman–Crippen MR) is 75.7 cm³/mol. The molecule has 0 aromatic heterocycles. The molecule has 0 fully saturated rings. The molecule has 3 N–H and O–H groups in total. The summed E-state index contributed by atoms with van der Waals surface area (Å²) in [6.45, 7) is 2.62. The Bertz CT molecular complexity index is 599. The number of aryl methyl sites for hydroxylation is 1. The number of nitrogens with one attached hydrogen (secondary N) is 1. The van der Waals surface area contributed by atoms with E-state index in [4.69, 9.17) is 5.11 Å². The summed E-state index contributed by atoms with van der Waals surface area (Å²) >= 11 is 0. The zero-order valence-corrected chi connectivity index (χ0v) is 11.4. The number of phenolic OH excluding ortho intramolecular Hbond substituents is 1. The van der Waals surface area contributed by atoms with Crippen LogP contribution in [0.5, 0.6) is 5.75 Å². The van der Waals surface area contributed by atoms with E-state index in [-0.39, 0.29) is 6.61 Å². The van der Waals surface area contributed by atoms with Crippen LogP contribution in [-0.2, 0) is 19.7 Å². The molecule has 0 radical (unpaired) electrons. The first kappa shape index (κ1) is 14.5. The zero-order chi connectivity index (χ0) is 14.5. The Morgan fingerprint density at radius 1 is 1.10 bits per heavy atom. The minimum Gasteiger partial charge on any atom is -0.507 e. The number of aromatic hydroxyl groups is 1. The van der Waals surface area contributed by atoms with E-state index in [1.807, 2.05) is 25.1 Å². The predicted octanol–water partition coefficient (Wildman–Crippen LogP) is 2.62. The van der Waals surface area contributed by atoms with Crippen LogP contribution in [0.3, 0.4) is 0 Å². The van der Waals surface area contributed by atoms with E-state index in [2.05, 4.69) is 5.32 Å². The van der Waals surface area contributed by atoms with E-state index in [1.54, 1.807) is 12.1 Å². The molecular weight excluding hydrogens is 257 g/mol. The average molecular weight is 275 g/mol. The van der Waals surface area contributed by atoms with Crippen LogP contribution in [0, 0.1) is 12.7 Å². The van der Waals surface area contributed by atoms with E-state index in [1.165, 1.54) is 6.07 Å². The molecule has 0 spiro atoms. The summed E-state index contributed by atoms with van der Waals surface area (Å²) < 4.78 is 13.2. The van der Waals surface area contributed by atoms with Gasteiger partial charge in [0.05, 0.1) is 6.61 Å². The second-order valence-electron chi connectivity index (χ2n) is 4.77. The minimum absolute atomic E-state index is 0.294. The van der Waals surface area contributed by atoms with Crippen LogP contribution in [0.25, 0.3) is 0 Å². The third kappa shape index (κ3) is 3.35. The van der Waals surface area contributed by atoms with Gasteiger partial charge in [-0.2, -0.15) is 0 Å². The zero-order valence-electron chi connectivity index (χ0n) is 11.4. The van der Waals surface area contributed by atoms with Gasteiger partial charge in [0.1, 0.15) is 11.6 Å². The molecule has 3 nitrogen and oxygen atoms in total. The summed E-state index contributed by atoms with van der Waals surface area (Å²) in [4.78, 5) is 0. The van der Waals surface area contributed by atoms with Crippen LogP contribution in [0.2, 0.25) is 0 Å². The number of para-hydroxylation sites is 1. The summed E-state index contributed by atoms with van der Waals surface area (Å²) in [5, 5.41) is 22.1. The van der Waals surface area contributed by atoms with Gasteiger partial charge in [0.2, 0.25) is 0 Å². The molecule has 0 aliphatic heterocycles. The van der Waals surface area contributed by atoms with Crippen molar-refractivity contribution in [2.75, 3.05) is 0 Å². The molecule has 106 valence electrons. The molecule has 0 bridgehead atoms. The third-order valence-electron chi connectivity index (χ3n) is 3.25. The number of hydrogen-bond acceptors (Lipinski definition) is 3. The van der Waals surface area contributed by atoms with Gasteiger partial charge in [-0.25, -0.2) is 4.39 Å². The van der Waals surface area contributed by atoms with Crippen molar-refractivity contribution in [2.45, 2.75) is 26.6 Å². The molecule has 2 aromatic rings. The van der Waals surface area contributed by atoms with Crippen molar-refractivity contribution in [3.05, 3.63) is 64.5 Å². The van der Waals surface area contributed by atoms with Crippen molar-refractivity contribution < 1.29 is 14.6 Å². The van der Waals surface area contributed by atoms with E-state index in [0.717, 1.165) is 16.7 Å². The highest BCUT2D eigenvalue weighted by molar-refractivity contribution is 5.39. The highest BCUT2D eigenvalue weighted by atomic mass is 19.1. The standard InChI is InChI=1S/C16H18FNO2/c1-11-3-2-4-13(16(11)20)9-18-8-12-5-6-15(17)14(7-12)10-19/h2-7,18-20H,8-10H2,1H3. The lowest BCUT2D eigenvalue weighted by Gasteiger charge is -2.09. The second kappa shape index (κ2) is 6.50. The Kier molecular flexibility index (Phi) is 4.71. The molecule has 2 aromatic carbocycles. The maximum absolute atomic E-state index is 13.2. The Morgan fingerprint density at radius 2 is 1.90 bits per heavy atom. The Balaban J connectivity index is 1.98. The lowest BCUT2D eigenvalue weighted by molar-refractivity contribution is 0.275. The van der Waals surface area contributed by atoms with Crippen molar-refractivity contribution in [2.24, 2.45) is 0 Å². The van der Waals surface area contributed by atoms with Gasteiger partial charge >= 0.3 is 0 Å². The number of aliphatic hydroxyl groups excluding tert-OH is 1. The number of rotatable bonds is 5. The highest BCUT2D eigenvalue weighted by Crippen LogP contribution is 2.21. The molecule has 0 atom stereocenters. The molecular formula is C16H18FNO2. The maximum Gasteiger partial charge on any atom is 0.128 e. The van der Waals surface area contributed by atoms with E-state index in [0.29, 0.717) is 24.4 Å².